The summed E-state index contributed by atoms with van der Waals surface area (Å²) < 4.78 is 0. The van der Waals surface area contributed by atoms with Crippen molar-refractivity contribution in [1.29, 1.82) is 0 Å². The molecule has 114 valence electrons. The molecule has 2 rings (SSSR count). The zero-order chi connectivity index (χ0) is 16.3. The van der Waals surface area contributed by atoms with Gasteiger partial charge in [0.1, 0.15) is 0 Å². The molecule has 0 spiro atoms. The number of aryl methyl sites for hydroxylation is 1. The highest BCUT2D eigenvalue weighted by Gasteiger charge is 2.13. The van der Waals surface area contributed by atoms with Gasteiger partial charge in [-0.1, -0.05) is 11.3 Å². The lowest BCUT2D eigenvalue weighted by molar-refractivity contribution is -0.385. The Hall–Kier alpha value is -2.81. The van der Waals surface area contributed by atoms with Crippen LogP contribution in [0.2, 0.25) is 0 Å². The van der Waals surface area contributed by atoms with Gasteiger partial charge in [0.25, 0.3) is 0 Å². The summed E-state index contributed by atoms with van der Waals surface area (Å²) in [6.45, 7) is 3.19. The number of nitro groups is 1. The Morgan fingerprint density at radius 3 is 2.86 bits per heavy atom. The van der Waals surface area contributed by atoms with E-state index in [4.69, 9.17) is 0 Å². The number of hydrogen-bond donors (Lipinski definition) is 2. The summed E-state index contributed by atoms with van der Waals surface area (Å²) in [6, 6.07) is 3.91. The van der Waals surface area contributed by atoms with Crippen molar-refractivity contribution < 1.29 is 14.8 Å². The van der Waals surface area contributed by atoms with Crippen LogP contribution in [-0.2, 0) is 0 Å². The molecular formula is C13H12N4O4S. The molecule has 2 N–H and O–H groups in total. The van der Waals surface area contributed by atoms with Gasteiger partial charge in [0.05, 0.1) is 21.7 Å². The van der Waals surface area contributed by atoms with Gasteiger partial charge in [0, 0.05) is 18.6 Å². The number of nitrogens with zero attached hydrogens (tertiary/aromatic N) is 3. The average Bonchev–Trinajstić information content (AvgIpc) is 2.81. The first-order valence-electron chi connectivity index (χ1n) is 6.13. The quantitative estimate of drug-likeness (QED) is 0.378. The number of aromatic nitrogens is 1. The molecule has 0 bridgehead atoms. The first kappa shape index (κ1) is 15.6. The Balaban J connectivity index is 2.13. The molecule has 2 aromatic rings. The molecule has 22 heavy (non-hydrogen) atoms. The van der Waals surface area contributed by atoms with E-state index in [1.165, 1.54) is 42.7 Å². The molecule has 0 aliphatic heterocycles. The lowest BCUT2D eigenvalue weighted by Gasteiger charge is -1.97. The van der Waals surface area contributed by atoms with Crippen LogP contribution in [0.15, 0.2) is 23.3 Å². The summed E-state index contributed by atoms with van der Waals surface area (Å²) in [4.78, 5) is 26.1. The van der Waals surface area contributed by atoms with E-state index in [1.54, 1.807) is 6.92 Å². The van der Waals surface area contributed by atoms with E-state index in [9.17, 15) is 20.0 Å². The lowest BCUT2D eigenvalue weighted by atomic mass is 10.2. The highest BCUT2D eigenvalue weighted by molar-refractivity contribution is 7.17. The van der Waals surface area contributed by atoms with Gasteiger partial charge < -0.3 is 5.11 Å². The highest BCUT2D eigenvalue weighted by atomic mass is 32.1. The number of anilines is 1. The number of benzene rings is 1. The number of carbonyl (C=O) groups excluding carboxylic acids is 1. The van der Waals surface area contributed by atoms with Gasteiger partial charge >= 0.3 is 5.69 Å². The van der Waals surface area contributed by atoms with Crippen LogP contribution in [0.4, 0.5) is 10.8 Å². The van der Waals surface area contributed by atoms with E-state index in [1.807, 2.05) is 0 Å². The standard InChI is InChI=1S/C13H12N4O4S/c1-7-12(8(2)18)22-13(15-7)16-14-6-9-3-4-11(19)10(5-9)17(20)21/h3-6,19H,1-2H3,(H,15,16)/b14-6+. The molecule has 0 atom stereocenters. The van der Waals surface area contributed by atoms with Gasteiger partial charge in [0.15, 0.2) is 11.5 Å². The van der Waals surface area contributed by atoms with Gasteiger partial charge in [-0.2, -0.15) is 5.10 Å². The molecule has 1 heterocycles. The van der Waals surface area contributed by atoms with Crippen LogP contribution in [0, 0.1) is 17.0 Å². The predicted octanol–water partition coefficient (Wildman–Crippen LogP) is 2.71. The number of ketones is 1. The average molecular weight is 320 g/mol. The molecule has 0 fully saturated rings. The van der Waals surface area contributed by atoms with E-state index >= 15 is 0 Å². The van der Waals surface area contributed by atoms with Crippen molar-refractivity contribution in [2.75, 3.05) is 5.43 Å². The maximum Gasteiger partial charge on any atom is 0.311 e. The molecule has 0 unspecified atom stereocenters. The number of Topliss-reactive ketones (excluding diaryl/α,β-unsaturated/α-hetero) is 1. The second kappa shape index (κ2) is 6.31. The lowest BCUT2D eigenvalue weighted by Crippen LogP contribution is -1.93. The number of thiazole rings is 1. The Kier molecular flexibility index (Phi) is 4.47. The zero-order valence-corrected chi connectivity index (χ0v) is 12.5. The van der Waals surface area contributed by atoms with E-state index in [0.717, 1.165) is 0 Å². The molecule has 0 amide bonds. The molecule has 0 aliphatic rings. The number of phenols is 1. The minimum Gasteiger partial charge on any atom is -0.502 e. The normalized spacial score (nSPS) is 10.8. The summed E-state index contributed by atoms with van der Waals surface area (Å²) in [5, 5.41) is 24.4. The summed E-state index contributed by atoms with van der Waals surface area (Å²) in [5.74, 6) is -0.474. The maximum atomic E-state index is 11.3. The number of aromatic hydroxyl groups is 1. The molecule has 0 saturated heterocycles. The highest BCUT2D eigenvalue weighted by Crippen LogP contribution is 2.26. The molecule has 1 aromatic heterocycles. The van der Waals surface area contributed by atoms with Crippen LogP contribution in [0.25, 0.3) is 0 Å². The number of nitro benzene ring substituents is 1. The minimum absolute atomic E-state index is 0.0683. The van der Waals surface area contributed by atoms with E-state index < -0.39 is 16.4 Å². The third kappa shape index (κ3) is 3.44. The van der Waals surface area contributed by atoms with Crippen LogP contribution in [0.5, 0.6) is 5.75 Å². The molecule has 0 saturated carbocycles. The van der Waals surface area contributed by atoms with Crippen molar-refractivity contribution in [2.24, 2.45) is 5.10 Å². The van der Waals surface area contributed by atoms with E-state index in [2.05, 4.69) is 15.5 Å². The van der Waals surface area contributed by atoms with Crippen molar-refractivity contribution in [3.63, 3.8) is 0 Å². The van der Waals surface area contributed by atoms with Crippen molar-refractivity contribution in [2.45, 2.75) is 13.8 Å². The second-order valence-electron chi connectivity index (χ2n) is 4.37. The summed E-state index contributed by atoms with van der Waals surface area (Å²) >= 11 is 1.18. The molecule has 9 heteroatoms. The predicted molar refractivity (Wildman–Crippen MR) is 82.8 cm³/mol. The third-order valence-corrected chi connectivity index (χ3v) is 3.85. The number of carbonyl (C=O) groups is 1. The van der Waals surface area contributed by atoms with Crippen LogP contribution >= 0.6 is 11.3 Å². The second-order valence-corrected chi connectivity index (χ2v) is 5.36. The van der Waals surface area contributed by atoms with E-state index in [-0.39, 0.29) is 5.78 Å². The summed E-state index contributed by atoms with van der Waals surface area (Å²) in [5.41, 5.74) is 3.33. The van der Waals surface area contributed by atoms with Crippen LogP contribution in [0.1, 0.15) is 27.9 Å². The van der Waals surface area contributed by atoms with Crippen molar-refractivity contribution in [3.05, 3.63) is 44.4 Å². The van der Waals surface area contributed by atoms with Gasteiger partial charge in [0.2, 0.25) is 5.13 Å². The topological polar surface area (TPSA) is 118 Å². The minimum atomic E-state index is -0.677. The zero-order valence-electron chi connectivity index (χ0n) is 11.7. The maximum absolute atomic E-state index is 11.3. The first-order chi connectivity index (χ1) is 10.4. The Bertz CT molecular complexity index is 769. The van der Waals surface area contributed by atoms with Crippen molar-refractivity contribution >= 4 is 34.2 Å². The SMILES string of the molecule is CC(=O)c1sc(N/N=C/c2ccc(O)c([N+](=O)[O-])c2)nc1C. The number of phenolic OH excluding ortho intramolecular Hbond substituents is 1. The smallest absolute Gasteiger partial charge is 0.311 e. The van der Waals surface area contributed by atoms with E-state index in [0.29, 0.717) is 21.3 Å². The molecule has 1 aromatic carbocycles. The number of rotatable bonds is 5. The molecule has 0 radical (unpaired) electrons. The Labute approximate surface area is 129 Å². The fourth-order valence-electron chi connectivity index (χ4n) is 1.70. The summed E-state index contributed by atoms with van der Waals surface area (Å²) in [7, 11) is 0. The fraction of sp³-hybridized carbons (Fsp3) is 0.154. The van der Waals surface area contributed by atoms with Crippen molar-refractivity contribution in [1.82, 2.24) is 4.98 Å². The van der Waals surface area contributed by atoms with Gasteiger partial charge in [-0.25, -0.2) is 4.98 Å². The van der Waals surface area contributed by atoms with Gasteiger partial charge in [-0.15, -0.1) is 0 Å². The molecule has 0 aliphatic carbocycles. The monoisotopic (exact) mass is 320 g/mol. The third-order valence-electron chi connectivity index (χ3n) is 2.69. The first-order valence-corrected chi connectivity index (χ1v) is 6.95. The number of hydrogen-bond acceptors (Lipinski definition) is 8. The summed E-state index contributed by atoms with van der Waals surface area (Å²) in [6.07, 6.45) is 1.36. The fourth-order valence-corrected chi connectivity index (χ4v) is 2.51. The van der Waals surface area contributed by atoms with Crippen LogP contribution < -0.4 is 5.43 Å². The van der Waals surface area contributed by atoms with Crippen LogP contribution in [-0.4, -0.2) is 27.0 Å². The molecular weight excluding hydrogens is 308 g/mol. The van der Waals surface area contributed by atoms with Crippen LogP contribution in [0.3, 0.4) is 0 Å². The van der Waals surface area contributed by atoms with Gasteiger partial charge in [-0.3, -0.25) is 20.3 Å². The van der Waals surface area contributed by atoms with Gasteiger partial charge in [-0.05, 0) is 19.1 Å². The Morgan fingerprint density at radius 2 is 2.27 bits per heavy atom. The number of nitrogens with one attached hydrogen (secondary N) is 1. The number of hydrazone groups is 1. The Morgan fingerprint density at radius 1 is 1.55 bits per heavy atom. The van der Waals surface area contributed by atoms with Crippen molar-refractivity contribution in [3.8, 4) is 5.75 Å². The largest absolute Gasteiger partial charge is 0.502 e. The molecule has 8 nitrogen and oxygen atoms in total.